The van der Waals surface area contributed by atoms with Gasteiger partial charge in [-0.3, -0.25) is 9.36 Å². The van der Waals surface area contributed by atoms with Crippen LogP contribution < -0.4 is 19.8 Å². The van der Waals surface area contributed by atoms with Crippen molar-refractivity contribution in [2.24, 2.45) is 4.99 Å². The normalized spacial score (nSPS) is 14.9. The molecule has 1 aliphatic rings. The zero-order valence-corrected chi connectivity index (χ0v) is 24.2. The van der Waals surface area contributed by atoms with Crippen molar-refractivity contribution in [3.05, 3.63) is 109 Å². The Hall–Kier alpha value is -4.70. The standard InChI is InChI=1S/C31H29N3O6S/c1-6-39-30(37)26-18(2)32-31-34(27(26)20-11-13-22(14-12-20)33(3)4)28(35)25(41-31)17-23-15-16-24(40-23)19-7-9-21(10-8-19)29(36)38-5/h7-17,27H,6H2,1-5H3/b25-17-/t27-/m0/s1. The number of hydrogen-bond donors (Lipinski definition) is 0. The lowest BCUT2D eigenvalue weighted by Gasteiger charge is -2.25. The number of methoxy groups -OCH3 is 1. The molecule has 0 aliphatic carbocycles. The van der Waals surface area contributed by atoms with Gasteiger partial charge in [0.05, 0.1) is 41.1 Å². The number of aromatic nitrogens is 1. The maximum Gasteiger partial charge on any atom is 0.338 e. The highest BCUT2D eigenvalue weighted by Crippen LogP contribution is 2.31. The molecule has 1 aliphatic heterocycles. The fourth-order valence-corrected chi connectivity index (χ4v) is 5.69. The average Bonchev–Trinajstić information content (AvgIpc) is 3.56. The second-order valence-corrected chi connectivity index (χ2v) is 10.6. The molecule has 210 valence electrons. The van der Waals surface area contributed by atoms with Gasteiger partial charge in [-0.15, -0.1) is 0 Å². The van der Waals surface area contributed by atoms with Crippen LogP contribution in [0.4, 0.5) is 5.69 Å². The number of ether oxygens (including phenoxy) is 2. The Morgan fingerprint density at radius 1 is 1.05 bits per heavy atom. The minimum absolute atomic E-state index is 0.207. The molecule has 0 radical (unpaired) electrons. The number of thiazole rings is 1. The van der Waals surface area contributed by atoms with Crippen molar-refractivity contribution in [3.63, 3.8) is 0 Å². The molecule has 4 aromatic rings. The molecule has 10 heteroatoms. The summed E-state index contributed by atoms with van der Waals surface area (Å²) in [4.78, 5) is 45.7. The van der Waals surface area contributed by atoms with Crippen LogP contribution in [0, 0.1) is 0 Å². The zero-order chi connectivity index (χ0) is 29.3. The van der Waals surface area contributed by atoms with Crippen molar-refractivity contribution in [2.75, 3.05) is 32.7 Å². The number of anilines is 1. The molecule has 2 aromatic carbocycles. The summed E-state index contributed by atoms with van der Waals surface area (Å²) in [5.41, 5.74) is 3.53. The summed E-state index contributed by atoms with van der Waals surface area (Å²) in [5.74, 6) is 0.147. The molecule has 41 heavy (non-hydrogen) atoms. The highest BCUT2D eigenvalue weighted by atomic mass is 32.1. The van der Waals surface area contributed by atoms with Gasteiger partial charge in [-0.05, 0) is 55.8 Å². The van der Waals surface area contributed by atoms with Crippen molar-refractivity contribution in [3.8, 4) is 11.3 Å². The Bertz CT molecular complexity index is 1830. The van der Waals surface area contributed by atoms with Crippen LogP contribution in [-0.4, -0.2) is 44.3 Å². The molecular formula is C31H29N3O6S. The summed E-state index contributed by atoms with van der Waals surface area (Å²) in [7, 11) is 5.23. The van der Waals surface area contributed by atoms with Gasteiger partial charge in [0.2, 0.25) is 0 Å². The Morgan fingerprint density at radius 3 is 2.39 bits per heavy atom. The topological polar surface area (TPSA) is 103 Å². The average molecular weight is 572 g/mol. The van der Waals surface area contributed by atoms with Gasteiger partial charge < -0.3 is 18.8 Å². The molecule has 9 nitrogen and oxygen atoms in total. The second kappa shape index (κ2) is 11.4. The van der Waals surface area contributed by atoms with Gasteiger partial charge in [-0.2, -0.15) is 0 Å². The fourth-order valence-electron chi connectivity index (χ4n) is 4.66. The van der Waals surface area contributed by atoms with Crippen LogP contribution in [0.3, 0.4) is 0 Å². The molecule has 1 atom stereocenters. The van der Waals surface area contributed by atoms with E-state index in [4.69, 9.17) is 13.9 Å². The van der Waals surface area contributed by atoms with E-state index in [2.05, 4.69) is 4.99 Å². The molecule has 0 unspecified atom stereocenters. The number of furan rings is 1. The minimum Gasteiger partial charge on any atom is -0.465 e. The molecule has 3 heterocycles. The minimum atomic E-state index is -0.691. The number of fused-ring (bicyclic) bond motifs is 1. The van der Waals surface area contributed by atoms with Crippen molar-refractivity contribution in [1.29, 1.82) is 0 Å². The lowest BCUT2D eigenvalue weighted by molar-refractivity contribution is -0.139. The van der Waals surface area contributed by atoms with E-state index in [0.29, 0.717) is 37.7 Å². The number of nitrogens with zero attached hydrogens (tertiary/aromatic N) is 3. The van der Waals surface area contributed by atoms with E-state index in [1.165, 1.54) is 18.4 Å². The van der Waals surface area contributed by atoms with E-state index in [9.17, 15) is 14.4 Å². The van der Waals surface area contributed by atoms with Crippen LogP contribution in [0.1, 0.15) is 41.6 Å². The maximum atomic E-state index is 13.8. The number of benzene rings is 2. The van der Waals surface area contributed by atoms with Crippen molar-refractivity contribution in [2.45, 2.75) is 19.9 Å². The van der Waals surface area contributed by atoms with Crippen LogP contribution in [-0.2, 0) is 14.3 Å². The maximum absolute atomic E-state index is 13.8. The molecule has 0 N–H and O–H groups in total. The lowest BCUT2D eigenvalue weighted by atomic mass is 9.95. The third-order valence-electron chi connectivity index (χ3n) is 6.73. The number of allylic oxidation sites excluding steroid dienone is 1. The SMILES string of the molecule is CCOC(=O)C1=C(C)N=c2s/c(=C\c3ccc(-c4ccc(C(=O)OC)cc4)o3)c(=O)n2[C@H]1c1ccc(N(C)C)cc1. The number of rotatable bonds is 7. The Balaban J connectivity index is 1.57. The number of esters is 2. The van der Waals surface area contributed by atoms with E-state index in [1.54, 1.807) is 60.9 Å². The summed E-state index contributed by atoms with van der Waals surface area (Å²) < 4.78 is 18.1. The van der Waals surface area contributed by atoms with Gasteiger partial charge in [0.25, 0.3) is 5.56 Å². The van der Waals surface area contributed by atoms with Crippen LogP contribution in [0.25, 0.3) is 17.4 Å². The number of hydrogen-bond acceptors (Lipinski definition) is 9. The summed E-state index contributed by atoms with van der Waals surface area (Å²) in [6.45, 7) is 3.71. The fraction of sp³-hybridized carbons (Fsp3) is 0.226. The summed E-state index contributed by atoms with van der Waals surface area (Å²) in [5, 5.41) is 0. The van der Waals surface area contributed by atoms with Gasteiger partial charge >= 0.3 is 11.9 Å². The van der Waals surface area contributed by atoms with E-state index in [0.717, 1.165) is 16.8 Å². The van der Waals surface area contributed by atoms with Crippen LogP contribution in [0.2, 0.25) is 0 Å². The largest absolute Gasteiger partial charge is 0.465 e. The van der Waals surface area contributed by atoms with Gasteiger partial charge in [0.1, 0.15) is 11.5 Å². The highest BCUT2D eigenvalue weighted by Gasteiger charge is 2.33. The van der Waals surface area contributed by atoms with Crippen LogP contribution >= 0.6 is 11.3 Å². The van der Waals surface area contributed by atoms with Crippen molar-refractivity contribution < 1.29 is 23.5 Å². The zero-order valence-electron chi connectivity index (χ0n) is 23.3. The molecule has 0 spiro atoms. The van der Waals surface area contributed by atoms with Crippen molar-refractivity contribution in [1.82, 2.24) is 4.57 Å². The van der Waals surface area contributed by atoms with Gasteiger partial charge in [-0.1, -0.05) is 35.6 Å². The van der Waals surface area contributed by atoms with Crippen LogP contribution in [0.15, 0.2) is 86.1 Å². The summed E-state index contributed by atoms with van der Waals surface area (Å²) in [6.07, 6.45) is 1.67. The third-order valence-corrected chi connectivity index (χ3v) is 7.72. The molecule has 0 saturated heterocycles. The lowest BCUT2D eigenvalue weighted by Crippen LogP contribution is -2.39. The Morgan fingerprint density at radius 2 is 1.76 bits per heavy atom. The molecule has 5 rings (SSSR count). The molecule has 2 aromatic heterocycles. The quantitative estimate of drug-likeness (QED) is 0.310. The summed E-state index contributed by atoms with van der Waals surface area (Å²) in [6, 6.07) is 17.5. The van der Waals surface area contributed by atoms with E-state index in [-0.39, 0.29) is 12.2 Å². The predicted octanol–water partition coefficient (Wildman–Crippen LogP) is 3.91. The van der Waals surface area contributed by atoms with E-state index in [1.807, 2.05) is 43.3 Å². The first-order valence-corrected chi connectivity index (χ1v) is 13.8. The predicted molar refractivity (Wildman–Crippen MR) is 157 cm³/mol. The van der Waals surface area contributed by atoms with E-state index >= 15 is 0 Å². The molecule has 0 saturated carbocycles. The molecule has 0 bridgehead atoms. The second-order valence-electron chi connectivity index (χ2n) is 9.56. The molecule has 0 amide bonds. The summed E-state index contributed by atoms with van der Waals surface area (Å²) >= 11 is 1.23. The number of carbonyl (C=O) groups is 2. The monoisotopic (exact) mass is 571 g/mol. The Kier molecular flexibility index (Phi) is 7.76. The van der Waals surface area contributed by atoms with Gasteiger partial charge in [-0.25, -0.2) is 14.6 Å². The smallest absolute Gasteiger partial charge is 0.338 e. The first kappa shape index (κ1) is 27.9. The molecule has 0 fully saturated rings. The van der Waals surface area contributed by atoms with Gasteiger partial charge in [0.15, 0.2) is 4.80 Å². The van der Waals surface area contributed by atoms with E-state index < -0.39 is 18.0 Å². The first-order valence-electron chi connectivity index (χ1n) is 13.0. The van der Waals surface area contributed by atoms with Gasteiger partial charge in [0, 0.05) is 31.4 Å². The third kappa shape index (κ3) is 5.38. The van der Waals surface area contributed by atoms with Crippen LogP contribution in [0.5, 0.6) is 0 Å². The Labute approximate surface area is 240 Å². The number of carbonyl (C=O) groups excluding carboxylic acids is 2. The van der Waals surface area contributed by atoms with Crippen molar-refractivity contribution >= 4 is 35.0 Å². The first-order chi connectivity index (χ1) is 19.7. The molecular weight excluding hydrogens is 542 g/mol. The highest BCUT2D eigenvalue weighted by molar-refractivity contribution is 7.07.